The molecule has 1 aromatic carbocycles. The monoisotopic (exact) mass is 332 g/mol. The number of thioether (sulfide) groups is 1. The van der Waals surface area contributed by atoms with Crippen LogP contribution in [0.4, 0.5) is 6.01 Å². The Hall–Kier alpha value is -1.53. The lowest BCUT2D eigenvalue weighted by molar-refractivity contribution is 0.340. The van der Waals surface area contributed by atoms with Crippen LogP contribution in [-0.2, 0) is 6.54 Å². The zero-order chi connectivity index (χ0) is 16.2. The first-order valence-corrected chi connectivity index (χ1v) is 8.94. The largest absolute Gasteiger partial charge is 0.407 e. The van der Waals surface area contributed by atoms with E-state index in [2.05, 4.69) is 46.3 Å². The fourth-order valence-corrected chi connectivity index (χ4v) is 3.96. The van der Waals surface area contributed by atoms with Crippen molar-refractivity contribution in [1.82, 2.24) is 15.1 Å². The molecular weight excluding hydrogens is 308 g/mol. The molecule has 3 rings (SSSR count). The first-order chi connectivity index (χ1) is 11.1. The molecule has 1 aliphatic rings. The van der Waals surface area contributed by atoms with Gasteiger partial charge in [-0.2, -0.15) is 0 Å². The fraction of sp³-hybridized carbons (Fsp3) is 0.529. The number of aryl methyl sites for hydroxylation is 1. The standard InChI is InChI=1S/C17H24N4OS/c1-13-6-4-5-7-15(13)23-14-8-10-21(11-9-14)17-19-18-16(22-17)12-20(2)3/h4-7,14H,8-12H2,1-3H3. The molecule has 1 saturated heterocycles. The lowest BCUT2D eigenvalue weighted by Gasteiger charge is -2.30. The zero-order valence-electron chi connectivity index (χ0n) is 14.0. The quantitative estimate of drug-likeness (QED) is 0.838. The van der Waals surface area contributed by atoms with E-state index >= 15 is 0 Å². The summed E-state index contributed by atoms with van der Waals surface area (Å²) >= 11 is 2.00. The molecule has 0 unspecified atom stereocenters. The minimum atomic E-state index is 0.663. The van der Waals surface area contributed by atoms with Crippen molar-refractivity contribution in [3.8, 4) is 0 Å². The molecule has 0 saturated carbocycles. The van der Waals surface area contributed by atoms with Crippen LogP contribution in [0.3, 0.4) is 0 Å². The Kier molecular flexibility index (Phi) is 5.23. The minimum Gasteiger partial charge on any atom is -0.407 e. The van der Waals surface area contributed by atoms with Gasteiger partial charge in [0.1, 0.15) is 0 Å². The third-order valence-electron chi connectivity index (χ3n) is 4.01. The molecule has 0 radical (unpaired) electrons. The van der Waals surface area contributed by atoms with Gasteiger partial charge in [-0.3, -0.25) is 0 Å². The van der Waals surface area contributed by atoms with Gasteiger partial charge in [0.05, 0.1) is 6.54 Å². The van der Waals surface area contributed by atoms with Crippen LogP contribution in [-0.4, -0.2) is 47.5 Å². The molecule has 1 aromatic heterocycles. The van der Waals surface area contributed by atoms with E-state index in [1.54, 1.807) is 0 Å². The van der Waals surface area contributed by atoms with Gasteiger partial charge in [0.25, 0.3) is 0 Å². The number of piperidine rings is 1. The smallest absolute Gasteiger partial charge is 0.318 e. The number of benzene rings is 1. The molecule has 0 N–H and O–H groups in total. The van der Waals surface area contributed by atoms with Crippen LogP contribution in [0.2, 0.25) is 0 Å². The highest BCUT2D eigenvalue weighted by atomic mass is 32.2. The van der Waals surface area contributed by atoms with Crippen molar-refractivity contribution in [2.75, 3.05) is 32.1 Å². The van der Waals surface area contributed by atoms with Crippen molar-refractivity contribution in [3.63, 3.8) is 0 Å². The highest BCUT2D eigenvalue weighted by Gasteiger charge is 2.24. The summed E-state index contributed by atoms with van der Waals surface area (Å²) in [5.41, 5.74) is 1.37. The van der Waals surface area contributed by atoms with E-state index in [0.717, 1.165) is 25.9 Å². The van der Waals surface area contributed by atoms with E-state index < -0.39 is 0 Å². The lowest BCUT2D eigenvalue weighted by atomic mass is 10.1. The third kappa shape index (κ3) is 4.26. The van der Waals surface area contributed by atoms with E-state index in [9.17, 15) is 0 Å². The average molecular weight is 332 g/mol. The van der Waals surface area contributed by atoms with Crippen molar-refractivity contribution in [2.24, 2.45) is 0 Å². The summed E-state index contributed by atoms with van der Waals surface area (Å²) in [5.74, 6) is 0.682. The normalized spacial score (nSPS) is 16.3. The van der Waals surface area contributed by atoms with Gasteiger partial charge < -0.3 is 14.2 Å². The van der Waals surface area contributed by atoms with E-state index in [-0.39, 0.29) is 0 Å². The summed E-state index contributed by atoms with van der Waals surface area (Å²) in [6.45, 7) is 4.83. The van der Waals surface area contributed by atoms with Crippen molar-refractivity contribution >= 4 is 17.8 Å². The maximum absolute atomic E-state index is 5.76. The Bertz CT molecular complexity index is 635. The second kappa shape index (κ2) is 7.36. The number of hydrogen-bond acceptors (Lipinski definition) is 6. The first kappa shape index (κ1) is 16.3. The summed E-state index contributed by atoms with van der Waals surface area (Å²) in [7, 11) is 4.00. The van der Waals surface area contributed by atoms with E-state index in [1.165, 1.54) is 10.5 Å². The van der Waals surface area contributed by atoms with Gasteiger partial charge in [0, 0.05) is 23.2 Å². The van der Waals surface area contributed by atoms with Gasteiger partial charge in [-0.15, -0.1) is 16.9 Å². The summed E-state index contributed by atoms with van der Waals surface area (Å²) in [6, 6.07) is 9.29. The summed E-state index contributed by atoms with van der Waals surface area (Å²) in [5, 5.41) is 8.98. The average Bonchev–Trinajstić information content (AvgIpc) is 2.98. The second-order valence-corrected chi connectivity index (χ2v) is 7.63. The predicted molar refractivity (Wildman–Crippen MR) is 94.0 cm³/mol. The Labute approximate surface area is 142 Å². The van der Waals surface area contributed by atoms with Crippen LogP contribution >= 0.6 is 11.8 Å². The molecule has 23 heavy (non-hydrogen) atoms. The Morgan fingerprint density at radius 2 is 1.96 bits per heavy atom. The topological polar surface area (TPSA) is 45.4 Å². The van der Waals surface area contributed by atoms with E-state index in [1.807, 2.05) is 30.8 Å². The van der Waals surface area contributed by atoms with E-state index in [0.29, 0.717) is 23.7 Å². The van der Waals surface area contributed by atoms with Gasteiger partial charge in [-0.1, -0.05) is 23.3 Å². The Morgan fingerprint density at radius 3 is 2.65 bits per heavy atom. The maximum atomic E-state index is 5.76. The molecule has 2 aromatic rings. The molecule has 124 valence electrons. The molecule has 2 heterocycles. The zero-order valence-corrected chi connectivity index (χ0v) is 14.8. The number of hydrogen-bond donors (Lipinski definition) is 0. The maximum Gasteiger partial charge on any atom is 0.318 e. The van der Waals surface area contributed by atoms with E-state index in [4.69, 9.17) is 4.42 Å². The number of rotatable bonds is 5. The summed E-state index contributed by atoms with van der Waals surface area (Å²) < 4.78 is 5.76. The van der Waals surface area contributed by atoms with Crippen molar-refractivity contribution in [1.29, 1.82) is 0 Å². The van der Waals surface area contributed by atoms with Gasteiger partial charge >= 0.3 is 6.01 Å². The number of anilines is 1. The van der Waals surface area contributed by atoms with Gasteiger partial charge in [0.15, 0.2) is 0 Å². The Balaban J connectivity index is 1.54. The Morgan fingerprint density at radius 1 is 1.22 bits per heavy atom. The summed E-state index contributed by atoms with van der Waals surface area (Å²) in [4.78, 5) is 5.64. The molecule has 6 heteroatoms. The van der Waals surface area contributed by atoms with Crippen molar-refractivity contribution < 1.29 is 4.42 Å². The predicted octanol–water partition coefficient (Wildman–Crippen LogP) is 3.20. The molecule has 0 atom stereocenters. The van der Waals surface area contributed by atoms with Gasteiger partial charge in [-0.05, 0) is 45.5 Å². The molecule has 0 spiro atoms. The number of aromatic nitrogens is 2. The first-order valence-electron chi connectivity index (χ1n) is 8.06. The fourth-order valence-electron chi connectivity index (χ4n) is 2.74. The summed E-state index contributed by atoms with van der Waals surface area (Å²) in [6.07, 6.45) is 2.29. The molecule has 0 amide bonds. The van der Waals surface area contributed by atoms with Crippen LogP contribution in [0.25, 0.3) is 0 Å². The molecule has 0 bridgehead atoms. The van der Waals surface area contributed by atoms with Crippen LogP contribution in [0.1, 0.15) is 24.3 Å². The number of nitrogens with zero attached hydrogens (tertiary/aromatic N) is 4. The molecule has 0 aliphatic carbocycles. The highest BCUT2D eigenvalue weighted by Crippen LogP contribution is 2.33. The molecule has 1 fully saturated rings. The van der Waals surface area contributed by atoms with Crippen LogP contribution in [0.5, 0.6) is 0 Å². The second-order valence-electron chi connectivity index (χ2n) is 6.29. The highest BCUT2D eigenvalue weighted by molar-refractivity contribution is 8.00. The van der Waals surface area contributed by atoms with Crippen LogP contribution in [0.15, 0.2) is 33.6 Å². The molecular formula is C17H24N4OS. The van der Waals surface area contributed by atoms with Crippen LogP contribution in [0, 0.1) is 6.92 Å². The lowest BCUT2D eigenvalue weighted by Crippen LogP contribution is -2.35. The van der Waals surface area contributed by atoms with Crippen molar-refractivity contribution in [2.45, 2.75) is 36.5 Å². The molecule has 5 nitrogen and oxygen atoms in total. The van der Waals surface area contributed by atoms with Gasteiger partial charge in [-0.25, -0.2) is 0 Å². The molecule has 1 aliphatic heterocycles. The third-order valence-corrected chi connectivity index (χ3v) is 5.52. The minimum absolute atomic E-state index is 0.663. The van der Waals surface area contributed by atoms with Gasteiger partial charge in [0.2, 0.25) is 5.89 Å². The van der Waals surface area contributed by atoms with Crippen LogP contribution < -0.4 is 4.90 Å². The SMILES string of the molecule is Cc1ccccc1SC1CCN(c2nnc(CN(C)C)o2)CC1. The van der Waals surface area contributed by atoms with Crippen molar-refractivity contribution in [3.05, 3.63) is 35.7 Å².